The third kappa shape index (κ3) is 4.37. The Morgan fingerprint density at radius 1 is 1.00 bits per heavy atom. The monoisotopic (exact) mass is 565 g/mol. The van der Waals surface area contributed by atoms with Gasteiger partial charge >= 0.3 is 0 Å². The first-order valence-corrected chi connectivity index (χ1v) is 14.2. The zero-order chi connectivity index (χ0) is 25.9. The predicted molar refractivity (Wildman–Crippen MR) is 136 cm³/mol. The van der Waals surface area contributed by atoms with Gasteiger partial charge in [0.25, 0.3) is 0 Å². The summed E-state index contributed by atoms with van der Waals surface area (Å²) in [5, 5.41) is 12.0. The molecule has 3 fully saturated rings. The molecule has 2 aromatic carbocycles. The summed E-state index contributed by atoms with van der Waals surface area (Å²) in [6.45, 7) is -0.160. The minimum absolute atomic E-state index is 0.0190. The van der Waals surface area contributed by atoms with Gasteiger partial charge in [-0.25, -0.2) is 8.42 Å². The first-order chi connectivity index (χ1) is 17.0. The molecular formula is C25H22Cl3N3O4S. The van der Waals surface area contributed by atoms with E-state index in [9.17, 15) is 23.3 Å². The molecule has 2 atom stereocenters. The minimum Gasteiger partial charge on any atom is -0.336 e. The Balaban J connectivity index is 1.48. The van der Waals surface area contributed by atoms with E-state index in [4.69, 9.17) is 34.8 Å². The fourth-order valence-corrected chi connectivity index (χ4v) is 7.48. The second-order valence-corrected chi connectivity index (χ2v) is 13.2. The molecule has 0 bridgehead atoms. The van der Waals surface area contributed by atoms with Gasteiger partial charge in [-0.15, -0.1) is 0 Å². The number of halogens is 3. The summed E-state index contributed by atoms with van der Waals surface area (Å²) in [7, 11) is -3.99. The van der Waals surface area contributed by atoms with Crippen molar-refractivity contribution in [1.82, 2.24) is 10.2 Å². The fourth-order valence-electron chi connectivity index (χ4n) is 4.88. The van der Waals surface area contributed by atoms with E-state index in [1.807, 2.05) is 0 Å². The van der Waals surface area contributed by atoms with Gasteiger partial charge in [0.2, 0.25) is 11.8 Å². The number of carbonyl (C=O) groups excluding carboxylic acids is 2. The SMILES string of the molecule is N#CC1(NC(=O)[C@@H]2C[C@@H](S(=O)(=O)c3ccc(Cl)cc3Cl)CN2C(=O)C2(c3ccc(Cl)cc3)CC2)CC1. The normalized spacial score (nSPS) is 23.6. The van der Waals surface area contributed by atoms with E-state index < -0.39 is 38.0 Å². The van der Waals surface area contributed by atoms with Gasteiger partial charge in [-0.2, -0.15) is 5.26 Å². The molecule has 1 saturated heterocycles. The first-order valence-electron chi connectivity index (χ1n) is 11.5. The van der Waals surface area contributed by atoms with Crippen LogP contribution in [0.15, 0.2) is 47.4 Å². The van der Waals surface area contributed by atoms with Crippen LogP contribution in [0.25, 0.3) is 0 Å². The number of hydrogen-bond acceptors (Lipinski definition) is 5. The van der Waals surface area contributed by atoms with E-state index in [1.54, 1.807) is 24.3 Å². The Morgan fingerprint density at radius 2 is 1.64 bits per heavy atom. The van der Waals surface area contributed by atoms with Crippen molar-refractivity contribution in [1.29, 1.82) is 5.26 Å². The Morgan fingerprint density at radius 3 is 2.19 bits per heavy atom. The van der Waals surface area contributed by atoms with Gasteiger partial charge in [-0.05, 0) is 68.0 Å². The van der Waals surface area contributed by atoms with E-state index in [2.05, 4.69) is 11.4 Å². The number of amides is 2. The number of likely N-dealkylation sites (tertiary alicyclic amines) is 1. The van der Waals surface area contributed by atoms with Crippen LogP contribution in [0, 0.1) is 11.3 Å². The summed E-state index contributed by atoms with van der Waals surface area (Å²) in [5.74, 6) is -0.819. The van der Waals surface area contributed by atoms with Crippen LogP contribution in [0.3, 0.4) is 0 Å². The van der Waals surface area contributed by atoms with E-state index in [0.717, 1.165) is 5.56 Å². The predicted octanol–water partition coefficient (Wildman–Crippen LogP) is 4.29. The summed E-state index contributed by atoms with van der Waals surface area (Å²) in [5.41, 5.74) is -0.999. The highest BCUT2D eigenvalue weighted by Crippen LogP contribution is 2.51. The maximum absolute atomic E-state index is 13.9. The molecule has 3 aliphatic rings. The Labute approximate surface area is 224 Å². The van der Waals surface area contributed by atoms with Crippen LogP contribution >= 0.6 is 34.8 Å². The molecule has 0 spiro atoms. The molecule has 188 valence electrons. The zero-order valence-corrected chi connectivity index (χ0v) is 22.1. The van der Waals surface area contributed by atoms with Gasteiger partial charge in [-0.3, -0.25) is 9.59 Å². The number of sulfone groups is 1. The molecule has 0 unspecified atom stereocenters. The number of nitrogens with one attached hydrogen (secondary N) is 1. The Kier molecular flexibility index (Phi) is 6.27. The van der Waals surface area contributed by atoms with E-state index >= 15 is 0 Å². The second-order valence-electron chi connectivity index (χ2n) is 9.72. The topological polar surface area (TPSA) is 107 Å². The number of carbonyl (C=O) groups is 2. The van der Waals surface area contributed by atoms with E-state index in [0.29, 0.717) is 35.7 Å². The lowest BCUT2D eigenvalue weighted by molar-refractivity contribution is -0.140. The zero-order valence-electron chi connectivity index (χ0n) is 19.0. The van der Waals surface area contributed by atoms with Gasteiger partial charge in [0.15, 0.2) is 9.84 Å². The highest BCUT2D eigenvalue weighted by Gasteiger charge is 2.58. The molecule has 5 rings (SSSR count). The number of nitrogens with zero attached hydrogens (tertiary/aromatic N) is 2. The van der Waals surface area contributed by atoms with Crippen molar-refractivity contribution < 1.29 is 18.0 Å². The van der Waals surface area contributed by atoms with Crippen molar-refractivity contribution in [2.75, 3.05) is 6.54 Å². The number of nitriles is 1. The molecule has 1 N–H and O–H groups in total. The summed E-state index contributed by atoms with van der Waals surface area (Å²) in [4.78, 5) is 28.5. The maximum Gasteiger partial charge on any atom is 0.244 e. The molecule has 11 heteroatoms. The highest BCUT2D eigenvalue weighted by atomic mass is 35.5. The van der Waals surface area contributed by atoms with Crippen molar-refractivity contribution in [3.8, 4) is 6.07 Å². The minimum atomic E-state index is -3.99. The van der Waals surface area contributed by atoms with Crippen LogP contribution in [0.4, 0.5) is 0 Å². The highest BCUT2D eigenvalue weighted by molar-refractivity contribution is 7.92. The third-order valence-electron chi connectivity index (χ3n) is 7.35. The lowest BCUT2D eigenvalue weighted by Gasteiger charge is -2.29. The Bertz CT molecular complexity index is 1400. The number of benzene rings is 2. The maximum atomic E-state index is 13.9. The number of hydrogen-bond donors (Lipinski definition) is 1. The molecule has 2 amide bonds. The Hall–Kier alpha value is -2.31. The standard InChI is InChI=1S/C25H22Cl3N3O4S/c26-16-3-1-15(2-4-16)25(9-10-25)23(33)31-13-18(12-20(31)22(32)30-24(14-29)7-8-24)36(34,35)21-6-5-17(27)11-19(21)28/h1-6,11,18,20H,7-10,12-13H2,(H,30,32)/t18-,20+/m1/s1. The van der Waals surface area contributed by atoms with Crippen LogP contribution in [0.2, 0.25) is 15.1 Å². The second kappa shape index (κ2) is 8.91. The molecule has 7 nitrogen and oxygen atoms in total. The first kappa shape index (κ1) is 25.3. The fraction of sp³-hybridized carbons (Fsp3) is 0.400. The molecule has 2 saturated carbocycles. The van der Waals surface area contributed by atoms with Crippen LogP contribution in [0.1, 0.15) is 37.7 Å². The molecule has 1 aliphatic heterocycles. The molecule has 2 aliphatic carbocycles. The van der Waals surface area contributed by atoms with Gasteiger partial charge in [0, 0.05) is 16.6 Å². The molecule has 1 heterocycles. The summed E-state index contributed by atoms with van der Waals surface area (Å²) < 4.78 is 27.1. The molecular weight excluding hydrogens is 545 g/mol. The van der Waals surface area contributed by atoms with Crippen molar-refractivity contribution >= 4 is 56.5 Å². The van der Waals surface area contributed by atoms with Gasteiger partial charge < -0.3 is 10.2 Å². The van der Waals surface area contributed by atoms with Crippen molar-refractivity contribution in [2.24, 2.45) is 0 Å². The van der Waals surface area contributed by atoms with Crippen LogP contribution in [-0.4, -0.2) is 48.5 Å². The van der Waals surface area contributed by atoms with Crippen molar-refractivity contribution in [2.45, 2.75) is 59.2 Å². The molecule has 0 radical (unpaired) electrons. The lowest BCUT2D eigenvalue weighted by atomic mass is 9.94. The van der Waals surface area contributed by atoms with Crippen molar-refractivity contribution in [3.63, 3.8) is 0 Å². The molecule has 2 aromatic rings. The average molecular weight is 567 g/mol. The van der Waals surface area contributed by atoms with Gasteiger partial charge in [0.05, 0.1) is 26.7 Å². The third-order valence-corrected chi connectivity index (χ3v) is 10.4. The summed E-state index contributed by atoms with van der Waals surface area (Å²) >= 11 is 18.2. The number of rotatable bonds is 6. The van der Waals surface area contributed by atoms with Gasteiger partial charge in [-0.1, -0.05) is 46.9 Å². The molecule has 36 heavy (non-hydrogen) atoms. The largest absolute Gasteiger partial charge is 0.336 e. The van der Waals surface area contributed by atoms with E-state index in [1.165, 1.54) is 23.1 Å². The average Bonchev–Trinajstić information content (AvgIpc) is 3.75. The van der Waals surface area contributed by atoms with Gasteiger partial charge in [0.1, 0.15) is 11.6 Å². The lowest BCUT2D eigenvalue weighted by Crippen LogP contribution is -2.51. The summed E-state index contributed by atoms with van der Waals surface area (Å²) in [6.07, 6.45) is 2.11. The van der Waals surface area contributed by atoms with Crippen LogP contribution in [-0.2, 0) is 24.8 Å². The molecule has 0 aromatic heterocycles. The van der Waals surface area contributed by atoms with E-state index in [-0.39, 0.29) is 28.8 Å². The quantitative estimate of drug-likeness (QED) is 0.561. The van der Waals surface area contributed by atoms with Crippen LogP contribution in [0.5, 0.6) is 0 Å². The smallest absolute Gasteiger partial charge is 0.244 e. The summed E-state index contributed by atoms with van der Waals surface area (Å²) in [6, 6.07) is 12.2. The van der Waals surface area contributed by atoms with Crippen molar-refractivity contribution in [3.05, 3.63) is 63.1 Å². The van der Waals surface area contributed by atoms with Crippen LogP contribution < -0.4 is 5.32 Å².